The smallest absolute Gasteiger partial charge is 0.0503 e. The van der Waals surface area contributed by atoms with Gasteiger partial charge in [0, 0.05) is 30.8 Å². The molecular weight excluding hydrogens is 210 g/mol. The second-order valence-electron chi connectivity index (χ2n) is 4.50. The number of aromatic nitrogens is 1. The van der Waals surface area contributed by atoms with Gasteiger partial charge in [0.2, 0.25) is 0 Å². The van der Waals surface area contributed by atoms with Crippen molar-refractivity contribution in [1.82, 2.24) is 4.57 Å². The fourth-order valence-corrected chi connectivity index (χ4v) is 2.16. The molecule has 2 rings (SSSR count). The molecule has 90 valence electrons. The summed E-state index contributed by atoms with van der Waals surface area (Å²) in [6.07, 6.45) is 3.18. The van der Waals surface area contributed by atoms with Crippen LogP contribution in [0, 0.1) is 0 Å². The molecule has 1 aromatic heterocycles. The molecule has 1 heterocycles. The molecule has 0 spiro atoms. The van der Waals surface area contributed by atoms with Gasteiger partial charge in [-0.3, -0.25) is 0 Å². The third-order valence-electron chi connectivity index (χ3n) is 2.89. The maximum Gasteiger partial charge on any atom is 0.0503 e. The van der Waals surface area contributed by atoms with Crippen LogP contribution in [0.2, 0.25) is 0 Å². The monoisotopic (exact) mass is 229 g/mol. The van der Waals surface area contributed by atoms with E-state index in [1.807, 2.05) is 0 Å². The van der Waals surface area contributed by atoms with Gasteiger partial charge in [0.25, 0.3) is 0 Å². The molecule has 0 saturated heterocycles. The molecule has 0 unspecified atom stereocenters. The molecule has 2 nitrogen and oxygen atoms in total. The molecule has 0 saturated carbocycles. The van der Waals surface area contributed by atoms with Crippen molar-refractivity contribution in [2.75, 3.05) is 13.7 Å². The van der Waals surface area contributed by atoms with E-state index in [4.69, 9.17) is 4.74 Å². The van der Waals surface area contributed by atoms with Crippen molar-refractivity contribution in [2.24, 2.45) is 0 Å². The van der Waals surface area contributed by atoms with Gasteiger partial charge in [-0.05, 0) is 25.0 Å². The standard InChI is InChI=1S/C15H19NO/c1-12(2)10-16-11-13(8-9-17-3)14-6-4-5-7-15(14)16/h4-7,11H,1,8-10H2,2-3H3. The van der Waals surface area contributed by atoms with E-state index >= 15 is 0 Å². The molecule has 0 fully saturated rings. The molecule has 0 aliphatic heterocycles. The summed E-state index contributed by atoms with van der Waals surface area (Å²) in [4.78, 5) is 0. The summed E-state index contributed by atoms with van der Waals surface area (Å²) in [5.41, 5.74) is 3.80. The summed E-state index contributed by atoms with van der Waals surface area (Å²) in [6.45, 7) is 7.69. The Balaban J connectivity index is 2.42. The second kappa shape index (κ2) is 5.19. The van der Waals surface area contributed by atoms with E-state index in [9.17, 15) is 0 Å². The topological polar surface area (TPSA) is 14.2 Å². The maximum absolute atomic E-state index is 5.16. The van der Waals surface area contributed by atoms with Crippen LogP contribution in [0.25, 0.3) is 10.9 Å². The Kier molecular flexibility index (Phi) is 3.64. The zero-order chi connectivity index (χ0) is 12.3. The van der Waals surface area contributed by atoms with Crippen LogP contribution in [-0.2, 0) is 17.7 Å². The van der Waals surface area contributed by atoms with E-state index in [2.05, 4.69) is 48.5 Å². The minimum absolute atomic E-state index is 0.765. The first-order chi connectivity index (χ1) is 8.22. The van der Waals surface area contributed by atoms with Gasteiger partial charge in [0.05, 0.1) is 6.61 Å². The highest BCUT2D eigenvalue weighted by Crippen LogP contribution is 2.22. The Hall–Kier alpha value is -1.54. The number of allylic oxidation sites excluding steroid dienone is 1. The highest BCUT2D eigenvalue weighted by molar-refractivity contribution is 5.84. The first-order valence-corrected chi connectivity index (χ1v) is 5.92. The van der Waals surface area contributed by atoms with Gasteiger partial charge < -0.3 is 9.30 Å². The number of nitrogens with zero attached hydrogens (tertiary/aromatic N) is 1. The van der Waals surface area contributed by atoms with Crippen LogP contribution in [0.1, 0.15) is 12.5 Å². The molecule has 2 aromatic rings. The SMILES string of the molecule is C=C(C)Cn1cc(CCOC)c2ccccc21. The number of ether oxygens (including phenoxy) is 1. The third-order valence-corrected chi connectivity index (χ3v) is 2.89. The first kappa shape index (κ1) is 11.9. The summed E-state index contributed by atoms with van der Waals surface area (Å²) in [6, 6.07) is 8.50. The van der Waals surface area contributed by atoms with Gasteiger partial charge in [-0.25, -0.2) is 0 Å². The third kappa shape index (κ3) is 2.59. The van der Waals surface area contributed by atoms with Crippen LogP contribution in [0.4, 0.5) is 0 Å². The molecule has 0 bridgehead atoms. The summed E-state index contributed by atoms with van der Waals surface area (Å²) < 4.78 is 7.42. The van der Waals surface area contributed by atoms with Gasteiger partial charge >= 0.3 is 0 Å². The second-order valence-corrected chi connectivity index (χ2v) is 4.50. The lowest BCUT2D eigenvalue weighted by Crippen LogP contribution is -1.96. The van der Waals surface area contributed by atoms with Gasteiger partial charge in [0.1, 0.15) is 0 Å². The van der Waals surface area contributed by atoms with Crippen LogP contribution in [-0.4, -0.2) is 18.3 Å². The highest BCUT2D eigenvalue weighted by atomic mass is 16.5. The fourth-order valence-electron chi connectivity index (χ4n) is 2.16. The number of fused-ring (bicyclic) bond motifs is 1. The summed E-state index contributed by atoms with van der Waals surface area (Å²) in [7, 11) is 1.74. The lowest BCUT2D eigenvalue weighted by molar-refractivity contribution is 0.202. The Morgan fingerprint density at radius 2 is 2.12 bits per heavy atom. The lowest BCUT2D eigenvalue weighted by Gasteiger charge is -2.03. The van der Waals surface area contributed by atoms with Gasteiger partial charge in [0.15, 0.2) is 0 Å². The van der Waals surface area contributed by atoms with Crippen molar-refractivity contribution in [3.05, 3.63) is 48.2 Å². The maximum atomic E-state index is 5.16. The number of hydrogen-bond acceptors (Lipinski definition) is 1. The average molecular weight is 229 g/mol. The molecular formula is C15H19NO. The van der Waals surface area contributed by atoms with Crippen molar-refractivity contribution in [2.45, 2.75) is 19.9 Å². The van der Waals surface area contributed by atoms with E-state index in [-0.39, 0.29) is 0 Å². The molecule has 0 atom stereocenters. The van der Waals surface area contributed by atoms with Crippen LogP contribution in [0.5, 0.6) is 0 Å². The van der Waals surface area contributed by atoms with Crippen LogP contribution in [0.3, 0.4) is 0 Å². The summed E-state index contributed by atoms with van der Waals surface area (Å²) in [5, 5.41) is 1.32. The van der Waals surface area contributed by atoms with Gasteiger partial charge in [-0.1, -0.05) is 30.4 Å². The average Bonchev–Trinajstić information content (AvgIpc) is 2.65. The molecule has 0 aliphatic rings. The quantitative estimate of drug-likeness (QED) is 0.717. The molecule has 0 aliphatic carbocycles. The van der Waals surface area contributed by atoms with Crippen molar-refractivity contribution in [1.29, 1.82) is 0 Å². The number of para-hydroxylation sites is 1. The number of methoxy groups -OCH3 is 1. The van der Waals surface area contributed by atoms with Crippen molar-refractivity contribution in [3.63, 3.8) is 0 Å². The number of hydrogen-bond donors (Lipinski definition) is 0. The van der Waals surface area contributed by atoms with Crippen LogP contribution in [0.15, 0.2) is 42.6 Å². The molecule has 2 heteroatoms. The lowest BCUT2D eigenvalue weighted by atomic mass is 10.1. The number of rotatable bonds is 5. The minimum atomic E-state index is 0.765. The molecule has 17 heavy (non-hydrogen) atoms. The van der Waals surface area contributed by atoms with Crippen LogP contribution < -0.4 is 0 Å². The molecule has 1 aromatic carbocycles. The van der Waals surface area contributed by atoms with E-state index in [0.29, 0.717) is 0 Å². The van der Waals surface area contributed by atoms with E-state index in [1.165, 1.54) is 22.0 Å². The largest absolute Gasteiger partial charge is 0.384 e. The molecule has 0 N–H and O–H groups in total. The Morgan fingerprint density at radius 1 is 1.35 bits per heavy atom. The molecule has 0 amide bonds. The first-order valence-electron chi connectivity index (χ1n) is 5.92. The minimum Gasteiger partial charge on any atom is -0.384 e. The fraction of sp³-hybridized carbons (Fsp3) is 0.333. The van der Waals surface area contributed by atoms with E-state index in [1.54, 1.807) is 7.11 Å². The summed E-state index contributed by atoms with van der Waals surface area (Å²) >= 11 is 0. The van der Waals surface area contributed by atoms with Crippen molar-refractivity contribution < 1.29 is 4.74 Å². The van der Waals surface area contributed by atoms with E-state index < -0.39 is 0 Å². The van der Waals surface area contributed by atoms with Crippen LogP contribution >= 0.6 is 0 Å². The van der Waals surface area contributed by atoms with E-state index in [0.717, 1.165) is 19.6 Å². The van der Waals surface area contributed by atoms with Crippen molar-refractivity contribution in [3.8, 4) is 0 Å². The predicted molar refractivity (Wildman–Crippen MR) is 72.3 cm³/mol. The highest BCUT2D eigenvalue weighted by Gasteiger charge is 2.07. The summed E-state index contributed by atoms with van der Waals surface area (Å²) in [5.74, 6) is 0. The normalized spacial score (nSPS) is 10.9. The van der Waals surface area contributed by atoms with Gasteiger partial charge in [-0.15, -0.1) is 0 Å². The van der Waals surface area contributed by atoms with Crippen molar-refractivity contribution >= 4 is 10.9 Å². The number of benzene rings is 1. The zero-order valence-electron chi connectivity index (χ0n) is 10.6. The zero-order valence-corrected chi connectivity index (χ0v) is 10.6. The Morgan fingerprint density at radius 3 is 2.82 bits per heavy atom. The Labute approximate surface area is 103 Å². The molecule has 0 radical (unpaired) electrons. The predicted octanol–water partition coefficient (Wildman–Crippen LogP) is 3.41. The van der Waals surface area contributed by atoms with Gasteiger partial charge in [-0.2, -0.15) is 0 Å². The Bertz CT molecular complexity index is 525.